The minimum atomic E-state index is -0.173. The molecule has 0 saturated carbocycles. The summed E-state index contributed by atoms with van der Waals surface area (Å²) in [6.07, 6.45) is 5.69. The van der Waals surface area contributed by atoms with Gasteiger partial charge in [0.15, 0.2) is 0 Å². The first-order valence-corrected chi connectivity index (χ1v) is 9.13. The van der Waals surface area contributed by atoms with Gasteiger partial charge in [-0.25, -0.2) is 0 Å². The highest BCUT2D eigenvalue weighted by molar-refractivity contribution is 6.30. The zero-order valence-electron chi connectivity index (χ0n) is 14.3. The van der Waals surface area contributed by atoms with Gasteiger partial charge < -0.3 is 9.47 Å². The highest BCUT2D eigenvalue weighted by Gasteiger charge is 2.32. The van der Waals surface area contributed by atoms with Crippen molar-refractivity contribution >= 4 is 11.6 Å². The number of aryl methyl sites for hydroxylation is 1. The highest BCUT2D eigenvalue weighted by atomic mass is 35.5. The topological polar surface area (TPSA) is 18.5 Å². The molecule has 24 heavy (non-hydrogen) atoms. The number of halogens is 1. The molecule has 0 fully saturated rings. The molecule has 3 heteroatoms. The molecule has 0 aromatic heterocycles. The Balaban J connectivity index is 1.60. The van der Waals surface area contributed by atoms with Gasteiger partial charge in [0, 0.05) is 17.0 Å². The average Bonchev–Trinajstić information content (AvgIpc) is 2.86. The molecule has 2 aromatic carbocycles. The summed E-state index contributed by atoms with van der Waals surface area (Å²) >= 11 is 6.31. The van der Waals surface area contributed by atoms with Crippen molar-refractivity contribution < 1.29 is 9.47 Å². The van der Waals surface area contributed by atoms with Crippen molar-refractivity contribution in [3.8, 4) is 11.5 Å². The largest absolute Gasteiger partial charge is 0.488 e. The lowest BCUT2D eigenvalue weighted by Gasteiger charge is -2.21. The number of benzene rings is 2. The summed E-state index contributed by atoms with van der Waals surface area (Å²) in [7, 11) is 0. The second-order valence-electron chi connectivity index (χ2n) is 7.48. The molecule has 1 aliphatic carbocycles. The second-order valence-corrected chi connectivity index (χ2v) is 7.92. The third-order valence-electron chi connectivity index (χ3n) is 4.94. The van der Waals surface area contributed by atoms with Gasteiger partial charge in [-0.05, 0) is 74.4 Å². The van der Waals surface area contributed by atoms with E-state index >= 15 is 0 Å². The van der Waals surface area contributed by atoms with E-state index in [1.807, 2.05) is 12.1 Å². The number of hydrogen-bond acceptors (Lipinski definition) is 2. The molecule has 0 N–H and O–H groups in total. The quantitative estimate of drug-likeness (QED) is 0.732. The van der Waals surface area contributed by atoms with Crippen LogP contribution in [0.25, 0.3) is 0 Å². The summed E-state index contributed by atoms with van der Waals surface area (Å²) in [5.41, 5.74) is 4.86. The Labute approximate surface area is 148 Å². The maximum absolute atomic E-state index is 6.31. The molecule has 0 saturated heterocycles. The van der Waals surface area contributed by atoms with Crippen LogP contribution in [0.2, 0.25) is 5.02 Å². The molecule has 0 atom stereocenters. The Hall–Kier alpha value is -1.67. The Morgan fingerprint density at radius 1 is 1.12 bits per heavy atom. The molecule has 1 aliphatic heterocycles. The Bertz CT molecular complexity index is 780. The van der Waals surface area contributed by atoms with Gasteiger partial charge in [0.05, 0.1) is 0 Å². The van der Waals surface area contributed by atoms with Crippen LogP contribution in [0.1, 0.15) is 48.9 Å². The lowest BCUT2D eigenvalue weighted by Crippen LogP contribution is -2.25. The first-order valence-electron chi connectivity index (χ1n) is 8.76. The molecule has 0 amide bonds. The summed E-state index contributed by atoms with van der Waals surface area (Å²) in [6.45, 7) is 4.72. The van der Waals surface area contributed by atoms with Gasteiger partial charge in [0.2, 0.25) is 0 Å². The third kappa shape index (κ3) is 3.00. The Morgan fingerprint density at radius 3 is 2.83 bits per heavy atom. The highest BCUT2D eigenvalue weighted by Crippen LogP contribution is 2.40. The van der Waals surface area contributed by atoms with Crippen LogP contribution in [0.3, 0.4) is 0 Å². The van der Waals surface area contributed by atoms with E-state index in [0.717, 1.165) is 41.3 Å². The summed E-state index contributed by atoms with van der Waals surface area (Å²) in [6, 6.07) is 10.4. The molecule has 0 radical (unpaired) electrons. The van der Waals surface area contributed by atoms with Gasteiger partial charge in [-0.3, -0.25) is 0 Å². The minimum Gasteiger partial charge on any atom is -0.488 e. The van der Waals surface area contributed by atoms with E-state index in [1.54, 1.807) is 0 Å². The normalized spacial score (nSPS) is 17.8. The van der Waals surface area contributed by atoms with E-state index in [0.29, 0.717) is 6.61 Å². The standard InChI is InChI=1S/C21H23ClO2/c1-21(2)12-15-10-17(22)11-16(20(15)24-21)13-23-19-9-5-7-14-6-3-4-8-18(14)19/h5,7,9-11H,3-4,6,8,12-13H2,1-2H3. The maximum atomic E-state index is 6.31. The van der Waals surface area contributed by atoms with Crippen LogP contribution in [0.15, 0.2) is 30.3 Å². The SMILES string of the molecule is CC1(C)Cc2cc(Cl)cc(COc3cccc4c3CCCC4)c2O1. The maximum Gasteiger partial charge on any atom is 0.130 e. The smallest absolute Gasteiger partial charge is 0.130 e. The van der Waals surface area contributed by atoms with Crippen LogP contribution < -0.4 is 9.47 Å². The number of hydrogen-bond donors (Lipinski definition) is 0. The van der Waals surface area contributed by atoms with E-state index in [9.17, 15) is 0 Å². The van der Waals surface area contributed by atoms with Gasteiger partial charge in [-0.1, -0.05) is 23.7 Å². The summed E-state index contributed by atoms with van der Waals surface area (Å²) in [5, 5.41) is 0.753. The van der Waals surface area contributed by atoms with Crippen molar-refractivity contribution in [2.45, 2.75) is 58.2 Å². The molecule has 126 valence electrons. The van der Waals surface area contributed by atoms with E-state index in [2.05, 4.69) is 32.0 Å². The lowest BCUT2D eigenvalue weighted by atomic mass is 9.91. The van der Waals surface area contributed by atoms with Gasteiger partial charge >= 0.3 is 0 Å². The van der Waals surface area contributed by atoms with Crippen LogP contribution in [0.4, 0.5) is 0 Å². The first-order chi connectivity index (χ1) is 11.5. The number of ether oxygens (including phenoxy) is 2. The zero-order valence-corrected chi connectivity index (χ0v) is 15.1. The minimum absolute atomic E-state index is 0.173. The van der Waals surface area contributed by atoms with Crippen molar-refractivity contribution in [1.82, 2.24) is 0 Å². The number of rotatable bonds is 3. The summed E-state index contributed by atoms with van der Waals surface area (Å²) < 4.78 is 12.3. The van der Waals surface area contributed by atoms with Crippen LogP contribution in [0, 0.1) is 0 Å². The van der Waals surface area contributed by atoms with Crippen LogP contribution in [0.5, 0.6) is 11.5 Å². The lowest BCUT2D eigenvalue weighted by molar-refractivity contribution is 0.135. The predicted molar refractivity (Wildman–Crippen MR) is 97.3 cm³/mol. The molecule has 2 nitrogen and oxygen atoms in total. The molecule has 1 heterocycles. The van der Waals surface area contributed by atoms with Crippen LogP contribution in [-0.2, 0) is 25.9 Å². The molecular weight excluding hydrogens is 320 g/mol. The van der Waals surface area contributed by atoms with Crippen molar-refractivity contribution in [2.24, 2.45) is 0 Å². The predicted octanol–water partition coefficient (Wildman–Crippen LogP) is 5.51. The molecule has 0 spiro atoms. The van der Waals surface area contributed by atoms with Crippen LogP contribution >= 0.6 is 11.6 Å². The Morgan fingerprint density at radius 2 is 1.96 bits per heavy atom. The third-order valence-corrected chi connectivity index (χ3v) is 5.16. The fourth-order valence-corrected chi connectivity index (χ4v) is 4.15. The van der Waals surface area contributed by atoms with E-state index in [-0.39, 0.29) is 5.60 Å². The average molecular weight is 343 g/mol. The van der Waals surface area contributed by atoms with Crippen molar-refractivity contribution in [2.75, 3.05) is 0 Å². The zero-order chi connectivity index (χ0) is 16.7. The fourth-order valence-electron chi connectivity index (χ4n) is 3.89. The van der Waals surface area contributed by atoms with E-state index < -0.39 is 0 Å². The molecule has 0 bridgehead atoms. The van der Waals surface area contributed by atoms with Crippen molar-refractivity contribution in [3.05, 3.63) is 57.6 Å². The molecular formula is C21H23ClO2. The van der Waals surface area contributed by atoms with Gasteiger partial charge in [0.1, 0.15) is 23.7 Å². The molecule has 0 unspecified atom stereocenters. The van der Waals surface area contributed by atoms with Gasteiger partial charge in [-0.15, -0.1) is 0 Å². The monoisotopic (exact) mass is 342 g/mol. The molecule has 2 aromatic rings. The van der Waals surface area contributed by atoms with E-state index in [4.69, 9.17) is 21.1 Å². The second kappa shape index (κ2) is 6.00. The van der Waals surface area contributed by atoms with Gasteiger partial charge in [-0.2, -0.15) is 0 Å². The van der Waals surface area contributed by atoms with E-state index in [1.165, 1.54) is 29.5 Å². The van der Waals surface area contributed by atoms with Gasteiger partial charge in [0.25, 0.3) is 0 Å². The summed E-state index contributed by atoms with van der Waals surface area (Å²) in [4.78, 5) is 0. The fraction of sp³-hybridized carbons (Fsp3) is 0.429. The first kappa shape index (κ1) is 15.8. The summed E-state index contributed by atoms with van der Waals surface area (Å²) in [5.74, 6) is 1.97. The molecule has 2 aliphatic rings. The Kier molecular flexibility index (Phi) is 3.96. The van der Waals surface area contributed by atoms with Crippen molar-refractivity contribution in [3.63, 3.8) is 0 Å². The van der Waals surface area contributed by atoms with Crippen LogP contribution in [-0.4, -0.2) is 5.60 Å². The van der Waals surface area contributed by atoms with Crippen molar-refractivity contribution in [1.29, 1.82) is 0 Å². The molecule has 4 rings (SSSR count). The number of fused-ring (bicyclic) bond motifs is 2.